The van der Waals surface area contributed by atoms with E-state index in [1.165, 1.54) is 153 Å². The monoisotopic (exact) mass is 744 g/mol. The van der Waals surface area contributed by atoms with E-state index in [1.54, 1.807) is 72.8 Å². The average molecular weight is 745 g/mol. The molecule has 0 aliphatic heterocycles. The maximum Gasteiger partial charge on any atom is 2.00 e. The van der Waals surface area contributed by atoms with Gasteiger partial charge in [-0.1, -0.05) is 118 Å². The first kappa shape index (κ1) is 46.5. The number of unbranched alkanes of at least 4 members (excludes halogenated alkanes) is 16. The normalized spacial score (nSPS) is 11.3. The molecule has 10 heteroatoms. The molecule has 0 spiro atoms. The second-order valence-electron chi connectivity index (χ2n) is 12.5. The second-order valence-corrected chi connectivity index (χ2v) is 16.2. The topological polar surface area (TPSA) is 114 Å². The van der Waals surface area contributed by atoms with E-state index in [4.69, 9.17) is 0 Å². The van der Waals surface area contributed by atoms with Crippen molar-refractivity contribution in [3.63, 3.8) is 0 Å². The third-order valence-corrected chi connectivity index (χ3v) is 11.0. The summed E-state index contributed by atoms with van der Waals surface area (Å²) >= 11 is 1.41. The van der Waals surface area contributed by atoms with Gasteiger partial charge in [0, 0.05) is 0 Å². The minimum Gasteiger partial charge on any atom is -0.744 e. The summed E-state index contributed by atoms with van der Waals surface area (Å²) in [5.74, 6) is 0. The molecule has 0 unspecified atom stereocenters. The Kier molecular flexibility index (Phi) is 25.8. The predicted molar refractivity (Wildman–Crippen MR) is 204 cm³/mol. The maximum absolute atomic E-state index is 10.9. The number of hydrogen-bond donors (Lipinski definition) is 0. The van der Waals surface area contributed by atoms with Crippen molar-refractivity contribution in [2.24, 2.45) is 0 Å². The van der Waals surface area contributed by atoms with Gasteiger partial charge in [0.1, 0.15) is 20.2 Å². The molecule has 0 aliphatic rings. The van der Waals surface area contributed by atoms with Gasteiger partial charge in [0.2, 0.25) is 0 Å². The SMILES string of the molecule is CCCCCCCCCCCCCCCCCC[CH2][Na].O=S(=O)([O-])c1cccc2ccccc12.O=S(=O)([O-])c1cccc2ccccc12.[Ca+2]. The standard InChI is InChI=1S/C19H39.2C10H8O3S.Ca.Na/c1-3-5-7-9-11-13-15-17-19-18-16-14-12-10-8-6-4-2;2*11-14(12,13)10-7-3-5-8-4-1-2-6-9(8)10;;/h1,3-19H2,2H3;2*1-7H,(H,11,12,13);;/q;;;+2;/p-2. The van der Waals surface area contributed by atoms with E-state index in [9.17, 15) is 25.9 Å². The Labute approximate surface area is 344 Å². The molecule has 4 rings (SSSR count). The van der Waals surface area contributed by atoms with Crippen LogP contribution < -0.4 is 0 Å². The predicted octanol–water partition coefficient (Wildman–Crippen LogP) is 10.3. The number of rotatable bonds is 19. The maximum atomic E-state index is 10.9. The van der Waals surface area contributed by atoms with Crippen molar-refractivity contribution in [3.05, 3.63) is 84.9 Å². The molecule has 4 aromatic carbocycles. The zero-order valence-electron chi connectivity index (χ0n) is 29.8. The first-order valence-corrected chi connectivity index (χ1v) is 22.2. The summed E-state index contributed by atoms with van der Waals surface area (Å²) in [6, 6.07) is 23.1. The molecule has 0 saturated heterocycles. The van der Waals surface area contributed by atoms with Crippen LogP contribution >= 0.6 is 0 Å². The molecule has 6 nitrogen and oxygen atoms in total. The summed E-state index contributed by atoms with van der Waals surface area (Å²) in [5, 5.41) is 2.46. The van der Waals surface area contributed by atoms with Crippen LogP contribution in [0.3, 0.4) is 0 Å². The van der Waals surface area contributed by atoms with Crippen molar-refractivity contribution in [3.8, 4) is 0 Å². The van der Waals surface area contributed by atoms with E-state index in [2.05, 4.69) is 6.92 Å². The van der Waals surface area contributed by atoms with E-state index in [-0.39, 0.29) is 47.5 Å². The zero-order valence-corrected chi connectivity index (χ0v) is 35.6. The van der Waals surface area contributed by atoms with Crippen LogP contribution in [0.1, 0.15) is 116 Å². The molecule has 0 bridgehead atoms. The molecule has 0 heterocycles. The molecule has 4 aromatic rings. The summed E-state index contributed by atoms with van der Waals surface area (Å²) in [5.41, 5.74) is 0. The van der Waals surface area contributed by atoms with Crippen LogP contribution in [0.25, 0.3) is 21.5 Å². The Morgan fingerprint density at radius 3 is 1.04 bits per heavy atom. The van der Waals surface area contributed by atoms with Gasteiger partial charge in [0.05, 0.1) is 9.79 Å². The van der Waals surface area contributed by atoms with Crippen molar-refractivity contribution in [1.82, 2.24) is 0 Å². The Bertz CT molecular complexity index is 1540. The van der Waals surface area contributed by atoms with Crippen LogP contribution in [-0.2, 0) is 20.2 Å². The zero-order chi connectivity index (χ0) is 35.1. The van der Waals surface area contributed by atoms with Crippen molar-refractivity contribution in [1.29, 1.82) is 0 Å². The van der Waals surface area contributed by atoms with E-state index in [1.807, 2.05) is 0 Å². The number of benzene rings is 4. The van der Waals surface area contributed by atoms with Gasteiger partial charge in [-0.3, -0.25) is 0 Å². The van der Waals surface area contributed by atoms with Crippen LogP contribution in [0, 0.1) is 0 Å². The molecular weight excluding hydrogens is 692 g/mol. The molecule has 0 saturated carbocycles. The fourth-order valence-corrected chi connectivity index (χ4v) is 7.70. The van der Waals surface area contributed by atoms with Gasteiger partial charge in [-0.2, -0.15) is 0 Å². The molecule has 0 atom stereocenters. The molecule has 0 N–H and O–H groups in total. The third kappa shape index (κ3) is 19.8. The Hall–Kier alpha value is -0.520. The molecule has 49 heavy (non-hydrogen) atoms. The van der Waals surface area contributed by atoms with Gasteiger partial charge in [-0.25, -0.2) is 16.8 Å². The van der Waals surface area contributed by atoms with E-state index < -0.39 is 20.2 Å². The Balaban J connectivity index is 0.000000371. The minimum atomic E-state index is -4.38. The van der Waals surface area contributed by atoms with Gasteiger partial charge in [-0.05, 0) is 33.7 Å². The summed E-state index contributed by atoms with van der Waals surface area (Å²) in [4.78, 5) is -0.314. The van der Waals surface area contributed by atoms with E-state index >= 15 is 0 Å². The molecule has 0 fully saturated rings. The Morgan fingerprint density at radius 2 is 0.735 bits per heavy atom. The van der Waals surface area contributed by atoms with Gasteiger partial charge in [0.15, 0.2) is 0 Å². The first-order chi connectivity index (χ1) is 23.1. The van der Waals surface area contributed by atoms with Crippen LogP contribution in [0.5, 0.6) is 0 Å². The molecule has 260 valence electrons. The Morgan fingerprint density at radius 1 is 0.449 bits per heavy atom. The smallest absolute Gasteiger partial charge is 0.744 e. The molecule has 0 aliphatic carbocycles. The van der Waals surface area contributed by atoms with Gasteiger partial charge in [0.25, 0.3) is 0 Å². The van der Waals surface area contributed by atoms with Gasteiger partial charge < -0.3 is 9.11 Å². The summed E-state index contributed by atoms with van der Waals surface area (Å²) < 4.78 is 66.9. The van der Waals surface area contributed by atoms with Crippen LogP contribution in [0.4, 0.5) is 0 Å². The van der Waals surface area contributed by atoms with E-state index in [0.717, 1.165) is 10.8 Å². The molecular formula is C39H53CaNaO6S2. The largest absolute Gasteiger partial charge is 2.00 e. The molecule has 0 amide bonds. The molecule has 0 radical (unpaired) electrons. The van der Waals surface area contributed by atoms with Crippen LogP contribution in [0.2, 0.25) is 3.67 Å². The average Bonchev–Trinajstić information content (AvgIpc) is 3.07. The van der Waals surface area contributed by atoms with Crippen molar-refractivity contribution < 1.29 is 25.9 Å². The van der Waals surface area contributed by atoms with E-state index in [0.29, 0.717) is 10.8 Å². The fraction of sp³-hybridized carbons (Fsp3) is 0.487. The number of hydrogen-bond acceptors (Lipinski definition) is 6. The van der Waals surface area contributed by atoms with Gasteiger partial charge in [-0.15, -0.1) is 0 Å². The summed E-state index contributed by atoms with van der Waals surface area (Å²) in [6.45, 7) is 2.30. The number of fused-ring (bicyclic) bond motifs is 2. The van der Waals surface area contributed by atoms with Crippen molar-refractivity contribution >= 4 is 107 Å². The third-order valence-electron chi connectivity index (χ3n) is 8.50. The summed E-state index contributed by atoms with van der Waals surface area (Å²) in [6.07, 6.45) is 25.2. The van der Waals surface area contributed by atoms with Crippen molar-refractivity contribution in [2.45, 2.75) is 130 Å². The molecule has 0 aromatic heterocycles. The van der Waals surface area contributed by atoms with Gasteiger partial charge >= 0.3 is 140 Å². The minimum absolute atomic E-state index is 0. The van der Waals surface area contributed by atoms with Crippen molar-refractivity contribution in [2.75, 3.05) is 0 Å². The van der Waals surface area contributed by atoms with Crippen LogP contribution in [-0.4, -0.2) is 91.6 Å². The summed E-state index contributed by atoms with van der Waals surface area (Å²) in [7, 11) is -8.76. The quantitative estimate of drug-likeness (QED) is 0.0536. The first-order valence-electron chi connectivity index (χ1n) is 18.0. The van der Waals surface area contributed by atoms with Crippen LogP contribution in [0.15, 0.2) is 94.7 Å². The fourth-order valence-electron chi connectivity index (χ4n) is 5.80. The second kappa shape index (κ2) is 27.1.